The summed E-state index contributed by atoms with van der Waals surface area (Å²) in [5.74, 6) is 0. The van der Waals surface area contributed by atoms with Crippen LogP contribution in [0.2, 0.25) is 0 Å². The van der Waals surface area contributed by atoms with Crippen molar-refractivity contribution in [2.45, 2.75) is 25.6 Å². The average Bonchev–Trinajstić information content (AvgIpc) is 2.30. The van der Waals surface area contributed by atoms with Crippen LogP contribution < -0.4 is 4.90 Å². The van der Waals surface area contributed by atoms with E-state index < -0.39 is 6.61 Å². The molecule has 5 heteroatoms. The van der Waals surface area contributed by atoms with Gasteiger partial charge in [-0.2, -0.15) is 8.78 Å². The van der Waals surface area contributed by atoms with Crippen LogP contribution in [0.4, 0.5) is 20.2 Å². The van der Waals surface area contributed by atoms with Gasteiger partial charge in [-0.05, 0) is 25.0 Å². The number of anilines is 1. The number of ether oxygens (including phenoxy) is 1. The van der Waals surface area contributed by atoms with Gasteiger partial charge in [-0.3, -0.25) is 0 Å². The van der Waals surface area contributed by atoms with Gasteiger partial charge in [0.25, 0.3) is 0 Å². The predicted octanol–water partition coefficient (Wildman–Crippen LogP) is 3.45. The predicted molar refractivity (Wildman–Crippen MR) is 67.5 cm³/mol. The molecule has 1 spiro atoms. The summed E-state index contributed by atoms with van der Waals surface area (Å²) in [6.45, 7) is 6.04. The fourth-order valence-corrected chi connectivity index (χ4v) is 3.09. The first kappa shape index (κ1) is 12.4. The third-order valence-electron chi connectivity index (χ3n) is 4.01. The van der Waals surface area contributed by atoms with Crippen molar-refractivity contribution in [2.24, 2.45) is 5.41 Å². The Labute approximate surface area is 110 Å². The van der Waals surface area contributed by atoms with Crippen LogP contribution in [-0.4, -0.2) is 25.8 Å². The summed E-state index contributed by atoms with van der Waals surface area (Å²) >= 11 is 0. The van der Waals surface area contributed by atoms with E-state index in [2.05, 4.69) is 14.5 Å². The highest BCUT2D eigenvalue weighted by Crippen LogP contribution is 2.51. The van der Waals surface area contributed by atoms with Gasteiger partial charge in [-0.15, -0.1) is 0 Å². The molecule has 0 radical (unpaired) electrons. The Bertz CT molecular complexity index is 495. The molecule has 2 aliphatic rings. The summed E-state index contributed by atoms with van der Waals surface area (Å²) in [6, 6.07) is 7.48. The van der Waals surface area contributed by atoms with E-state index in [-0.39, 0.29) is 11.5 Å². The van der Waals surface area contributed by atoms with E-state index in [1.165, 1.54) is 0 Å². The van der Waals surface area contributed by atoms with E-state index >= 15 is 0 Å². The molecule has 19 heavy (non-hydrogen) atoms. The largest absolute Gasteiger partial charge is 0.370 e. The lowest BCUT2D eigenvalue weighted by Gasteiger charge is -2.59. The molecule has 0 atom stereocenters. The number of rotatable bonds is 3. The lowest BCUT2D eigenvalue weighted by molar-refractivity contribution is -0.211. The monoisotopic (exact) mass is 264 g/mol. The second-order valence-corrected chi connectivity index (χ2v) is 5.41. The van der Waals surface area contributed by atoms with Crippen molar-refractivity contribution in [1.29, 1.82) is 0 Å². The molecule has 1 heterocycles. The second kappa shape index (κ2) is 4.46. The number of hydrogen-bond donors (Lipinski definition) is 0. The van der Waals surface area contributed by atoms with Gasteiger partial charge < -0.3 is 9.64 Å². The van der Waals surface area contributed by atoms with Gasteiger partial charge in [0.15, 0.2) is 5.69 Å². The van der Waals surface area contributed by atoms with Crippen molar-refractivity contribution in [1.82, 2.24) is 0 Å². The third kappa shape index (κ3) is 2.28. The molecular formula is C14H14F2N2O. The Morgan fingerprint density at radius 1 is 1.26 bits per heavy atom. The van der Waals surface area contributed by atoms with Crippen molar-refractivity contribution in [2.75, 3.05) is 18.0 Å². The lowest BCUT2D eigenvalue weighted by atomic mass is 9.61. The minimum atomic E-state index is -2.65. The standard InChI is InChI=1S/C14H14F2N2O/c1-17-10-2-4-11(5-3-10)18-8-14(9-18)6-12(7-14)19-13(15)16/h2-5,12-13H,6-9H2. The van der Waals surface area contributed by atoms with Crippen LogP contribution in [0.5, 0.6) is 0 Å². The SMILES string of the molecule is [C-]#[N+]c1ccc(N2CC3(CC(OC(F)F)C3)C2)cc1. The molecule has 3 nitrogen and oxygen atoms in total. The number of hydrogen-bond acceptors (Lipinski definition) is 2. The van der Waals surface area contributed by atoms with E-state index in [1.54, 1.807) is 12.1 Å². The summed E-state index contributed by atoms with van der Waals surface area (Å²) in [5.41, 5.74) is 1.90. The van der Waals surface area contributed by atoms with E-state index in [9.17, 15) is 8.78 Å². The number of nitrogens with zero attached hydrogens (tertiary/aromatic N) is 2. The van der Waals surface area contributed by atoms with Gasteiger partial charge in [-0.1, -0.05) is 12.1 Å². The average molecular weight is 264 g/mol. The highest BCUT2D eigenvalue weighted by molar-refractivity contribution is 5.57. The number of benzene rings is 1. The van der Waals surface area contributed by atoms with Crippen LogP contribution >= 0.6 is 0 Å². The summed E-state index contributed by atoms with van der Waals surface area (Å²) in [6.07, 6.45) is 1.19. The quantitative estimate of drug-likeness (QED) is 0.778. The van der Waals surface area contributed by atoms with Crippen molar-refractivity contribution in [3.63, 3.8) is 0 Å². The van der Waals surface area contributed by atoms with Crippen LogP contribution in [0.3, 0.4) is 0 Å². The van der Waals surface area contributed by atoms with Gasteiger partial charge in [0, 0.05) is 24.2 Å². The maximum absolute atomic E-state index is 12.0. The smallest absolute Gasteiger partial charge is 0.345 e. The lowest BCUT2D eigenvalue weighted by Crippen LogP contribution is -2.64. The number of alkyl halides is 2. The van der Waals surface area contributed by atoms with Gasteiger partial charge in [0.1, 0.15) is 0 Å². The van der Waals surface area contributed by atoms with E-state index in [0.29, 0.717) is 5.69 Å². The van der Waals surface area contributed by atoms with Crippen molar-refractivity contribution in [3.8, 4) is 0 Å². The number of halogens is 2. The molecular weight excluding hydrogens is 250 g/mol. The molecule has 1 aliphatic carbocycles. The fraction of sp³-hybridized carbons (Fsp3) is 0.500. The van der Waals surface area contributed by atoms with E-state index in [4.69, 9.17) is 6.57 Å². The zero-order valence-electron chi connectivity index (χ0n) is 10.4. The molecule has 0 N–H and O–H groups in total. The Balaban J connectivity index is 1.52. The van der Waals surface area contributed by atoms with Crippen LogP contribution in [0.1, 0.15) is 12.8 Å². The van der Waals surface area contributed by atoms with Crippen molar-refractivity contribution < 1.29 is 13.5 Å². The molecule has 0 bridgehead atoms. The Morgan fingerprint density at radius 2 is 1.89 bits per heavy atom. The topological polar surface area (TPSA) is 16.8 Å². The maximum Gasteiger partial charge on any atom is 0.345 e. The summed E-state index contributed by atoms with van der Waals surface area (Å²) in [5, 5.41) is 0. The molecule has 1 aromatic rings. The normalized spacial score (nSPS) is 21.1. The van der Waals surface area contributed by atoms with Gasteiger partial charge in [0.05, 0.1) is 12.7 Å². The fourth-order valence-electron chi connectivity index (χ4n) is 3.09. The first-order chi connectivity index (χ1) is 9.10. The molecule has 2 fully saturated rings. The third-order valence-corrected chi connectivity index (χ3v) is 4.01. The molecule has 0 aromatic heterocycles. The molecule has 1 saturated heterocycles. The molecule has 0 amide bonds. The summed E-state index contributed by atoms with van der Waals surface area (Å²) in [4.78, 5) is 5.57. The van der Waals surface area contributed by atoms with Gasteiger partial charge in [-0.25, -0.2) is 4.85 Å². The minimum Gasteiger partial charge on any atom is -0.370 e. The summed E-state index contributed by atoms with van der Waals surface area (Å²) in [7, 11) is 0. The Hall–Kier alpha value is -1.67. The second-order valence-electron chi connectivity index (χ2n) is 5.41. The van der Waals surface area contributed by atoms with Crippen molar-refractivity contribution >= 4 is 11.4 Å². The van der Waals surface area contributed by atoms with Crippen LogP contribution in [0, 0.1) is 12.0 Å². The van der Waals surface area contributed by atoms with Crippen LogP contribution in [0.15, 0.2) is 24.3 Å². The Morgan fingerprint density at radius 3 is 2.42 bits per heavy atom. The maximum atomic E-state index is 12.0. The van der Waals surface area contributed by atoms with Gasteiger partial charge >= 0.3 is 6.61 Å². The molecule has 1 aliphatic heterocycles. The van der Waals surface area contributed by atoms with E-state index in [0.717, 1.165) is 31.6 Å². The first-order valence-corrected chi connectivity index (χ1v) is 6.26. The zero-order chi connectivity index (χ0) is 13.5. The molecule has 100 valence electrons. The molecule has 1 saturated carbocycles. The van der Waals surface area contributed by atoms with Gasteiger partial charge in [0.2, 0.25) is 0 Å². The highest BCUT2D eigenvalue weighted by atomic mass is 19.3. The van der Waals surface area contributed by atoms with Crippen LogP contribution in [0.25, 0.3) is 4.85 Å². The first-order valence-electron chi connectivity index (χ1n) is 6.26. The molecule has 0 unspecified atom stereocenters. The Kier molecular flexibility index (Phi) is 2.90. The highest BCUT2D eigenvalue weighted by Gasteiger charge is 2.53. The van der Waals surface area contributed by atoms with Crippen LogP contribution in [-0.2, 0) is 4.74 Å². The molecule has 3 rings (SSSR count). The van der Waals surface area contributed by atoms with Crippen molar-refractivity contribution in [3.05, 3.63) is 35.7 Å². The minimum absolute atomic E-state index is 0.179. The molecule has 1 aromatic carbocycles. The zero-order valence-corrected chi connectivity index (χ0v) is 10.4. The van der Waals surface area contributed by atoms with E-state index in [1.807, 2.05) is 12.1 Å². The summed E-state index contributed by atoms with van der Waals surface area (Å²) < 4.78 is 28.6.